The summed E-state index contributed by atoms with van der Waals surface area (Å²) in [6.07, 6.45) is -8.36. The molecule has 11 heteroatoms. The lowest BCUT2D eigenvalue weighted by Gasteiger charge is -2.16. The minimum absolute atomic E-state index is 0.243. The van der Waals surface area contributed by atoms with Crippen LogP contribution in [0.4, 0.5) is 32.0 Å². The molecule has 38 heavy (non-hydrogen) atoms. The number of carbonyl (C=O) groups is 2. The molecule has 2 aromatic carbocycles. The quantitative estimate of drug-likeness (QED) is 0.189. The molecule has 200 valence electrons. The van der Waals surface area contributed by atoms with Gasteiger partial charge in [-0.05, 0) is 67.3 Å². The number of pyridine rings is 1. The van der Waals surface area contributed by atoms with Crippen molar-refractivity contribution < 1.29 is 40.7 Å². The van der Waals surface area contributed by atoms with Crippen LogP contribution in [0.5, 0.6) is 5.75 Å². The van der Waals surface area contributed by atoms with Crippen molar-refractivity contribution in [3.63, 3.8) is 0 Å². The number of alkyl halides is 6. The molecule has 1 saturated carbocycles. The summed E-state index contributed by atoms with van der Waals surface area (Å²) >= 11 is 0. The van der Waals surface area contributed by atoms with Crippen LogP contribution < -0.4 is 10.1 Å². The first kappa shape index (κ1) is 27.2. The zero-order valence-corrected chi connectivity index (χ0v) is 20.0. The Morgan fingerprint density at radius 1 is 0.974 bits per heavy atom. The van der Waals surface area contributed by atoms with E-state index < -0.39 is 48.4 Å². The maximum atomic E-state index is 13.4. The molecule has 0 aliphatic heterocycles. The highest BCUT2D eigenvalue weighted by molar-refractivity contribution is 6.11. The molecule has 0 bridgehead atoms. The van der Waals surface area contributed by atoms with Gasteiger partial charge in [-0.2, -0.15) is 26.3 Å². The fraction of sp³-hybridized carbons (Fsp3) is 0.296. The molecule has 3 aromatic rings. The van der Waals surface area contributed by atoms with Gasteiger partial charge in [-0.3, -0.25) is 14.6 Å². The summed E-state index contributed by atoms with van der Waals surface area (Å²) in [6, 6.07) is 12.6. The molecule has 1 heterocycles. The summed E-state index contributed by atoms with van der Waals surface area (Å²) in [7, 11) is 0. The number of ketones is 1. The van der Waals surface area contributed by atoms with E-state index >= 15 is 0 Å². The Hall–Kier alpha value is -3.89. The molecule has 0 radical (unpaired) electrons. The summed E-state index contributed by atoms with van der Waals surface area (Å²) < 4.78 is 81.5. The third kappa shape index (κ3) is 7.11. The summed E-state index contributed by atoms with van der Waals surface area (Å²) in [4.78, 5) is 29.7. The SMILES string of the molecule is Cc1cc(-c2cccc(C(=O)CC(=O)Nc3ccc(OCC(F)(F)F)c(C(F)(F)F)c3)c2)cc(C2CC2)n1. The Morgan fingerprint density at radius 3 is 2.37 bits per heavy atom. The normalized spacial score (nSPS) is 13.8. The summed E-state index contributed by atoms with van der Waals surface area (Å²) in [5.74, 6) is -2.03. The summed E-state index contributed by atoms with van der Waals surface area (Å²) in [5.41, 5.74) is 1.88. The lowest BCUT2D eigenvalue weighted by molar-refractivity contribution is -0.158. The molecule has 0 unspecified atom stereocenters. The second-order valence-electron chi connectivity index (χ2n) is 9.04. The molecule has 0 atom stereocenters. The number of carbonyl (C=O) groups excluding carboxylic acids is 2. The van der Waals surface area contributed by atoms with E-state index in [0.29, 0.717) is 18.1 Å². The second-order valence-corrected chi connectivity index (χ2v) is 9.04. The Balaban J connectivity index is 1.46. The maximum absolute atomic E-state index is 13.4. The van der Waals surface area contributed by atoms with Gasteiger partial charge >= 0.3 is 12.4 Å². The van der Waals surface area contributed by atoms with Crippen LogP contribution in [0.25, 0.3) is 11.1 Å². The molecule has 0 saturated heterocycles. The molecule has 4 rings (SSSR count). The van der Waals surface area contributed by atoms with E-state index in [1.165, 1.54) is 6.07 Å². The highest BCUT2D eigenvalue weighted by Crippen LogP contribution is 2.41. The lowest BCUT2D eigenvalue weighted by Crippen LogP contribution is -2.21. The average Bonchev–Trinajstić information content (AvgIpc) is 3.67. The number of aromatic nitrogens is 1. The third-order valence-electron chi connectivity index (χ3n) is 5.77. The monoisotopic (exact) mass is 536 g/mol. The number of aryl methyl sites for hydroxylation is 1. The van der Waals surface area contributed by atoms with Crippen molar-refractivity contribution in [2.75, 3.05) is 11.9 Å². The van der Waals surface area contributed by atoms with Gasteiger partial charge in [0.15, 0.2) is 12.4 Å². The lowest BCUT2D eigenvalue weighted by atomic mass is 9.99. The molecular weight excluding hydrogens is 514 g/mol. The zero-order valence-electron chi connectivity index (χ0n) is 20.0. The largest absolute Gasteiger partial charge is 0.483 e. The van der Waals surface area contributed by atoms with Crippen molar-refractivity contribution in [1.29, 1.82) is 0 Å². The van der Waals surface area contributed by atoms with Gasteiger partial charge in [0.1, 0.15) is 5.75 Å². The molecule has 1 aromatic heterocycles. The van der Waals surface area contributed by atoms with Crippen molar-refractivity contribution in [1.82, 2.24) is 4.98 Å². The first-order valence-electron chi connectivity index (χ1n) is 11.6. The van der Waals surface area contributed by atoms with E-state index in [2.05, 4.69) is 15.0 Å². The number of nitrogens with one attached hydrogen (secondary N) is 1. The minimum Gasteiger partial charge on any atom is -0.483 e. The average molecular weight is 536 g/mol. The number of hydrogen-bond donors (Lipinski definition) is 1. The van der Waals surface area contributed by atoms with Gasteiger partial charge in [-0.1, -0.05) is 18.2 Å². The van der Waals surface area contributed by atoms with Crippen molar-refractivity contribution in [2.45, 2.75) is 44.5 Å². The van der Waals surface area contributed by atoms with Crippen LogP contribution in [0, 0.1) is 6.92 Å². The van der Waals surface area contributed by atoms with Crippen LogP contribution in [0.2, 0.25) is 0 Å². The fourth-order valence-electron chi connectivity index (χ4n) is 3.89. The van der Waals surface area contributed by atoms with Crippen molar-refractivity contribution in [3.05, 3.63) is 77.1 Å². The van der Waals surface area contributed by atoms with Gasteiger partial charge in [0, 0.05) is 28.6 Å². The maximum Gasteiger partial charge on any atom is 0.422 e. The number of hydrogen-bond acceptors (Lipinski definition) is 4. The van der Waals surface area contributed by atoms with Crippen molar-refractivity contribution in [3.8, 4) is 16.9 Å². The molecular formula is C27H22F6N2O3. The number of rotatable bonds is 8. The molecule has 1 N–H and O–H groups in total. The number of anilines is 1. The number of halogens is 6. The summed E-state index contributed by atoms with van der Waals surface area (Å²) in [6.45, 7) is -0.0236. The third-order valence-corrected chi connectivity index (χ3v) is 5.77. The van der Waals surface area contributed by atoms with Crippen LogP contribution in [0.15, 0.2) is 54.6 Å². The highest BCUT2D eigenvalue weighted by atomic mass is 19.4. The molecule has 5 nitrogen and oxygen atoms in total. The molecule has 1 amide bonds. The van der Waals surface area contributed by atoms with E-state index in [4.69, 9.17) is 0 Å². The second kappa shape index (κ2) is 10.5. The van der Waals surface area contributed by atoms with E-state index in [0.717, 1.165) is 41.4 Å². The van der Waals surface area contributed by atoms with Gasteiger partial charge in [0.05, 0.1) is 12.0 Å². The van der Waals surface area contributed by atoms with Crippen LogP contribution >= 0.6 is 0 Å². The topological polar surface area (TPSA) is 68.3 Å². The first-order valence-corrected chi connectivity index (χ1v) is 11.6. The standard InChI is InChI=1S/C27H22F6N2O3/c1-15-9-19(11-22(34-15)16-5-6-16)17-3-2-4-18(10-17)23(36)13-25(37)35-20-7-8-24(38-14-26(28,29)30)21(12-20)27(31,32)33/h2-4,7-12,16H,5-6,13-14H2,1H3,(H,35,37). The van der Waals surface area contributed by atoms with Gasteiger partial charge in [0.2, 0.25) is 5.91 Å². The van der Waals surface area contributed by atoms with Crippen molar-refractivity contribution in [2.24, 2.45) is 0 Å². The summed E-state index contributed by atoms with van der Waals surface area (Å²) in [5, 5.41) is 2.19. The molecule has 1 aliphatic rings. The van der Waals surface area contributed by atoms with E-state index in [9.17, 15) is 35.9 Å². The van der Waals surface area contributed by atoms with Crippen LogP contribution in [-0.4, -0.2) is 29.5 Å². The highest BCUT2D eigenvalue weighted by Gasteiger charge is 2.36. The molecule has 1 aliphatic carbocycles. The number of benzene rings is 2. The Bertz CT molecular complexity index is 1360. The van der Waals surface area contributed by atoms with Crippen molar-refractivity contribution >= 4 is 17.4 Å². The Kier molecular flexibility index (Phi) is 7.48. The van der Waals surface area contributed by atoms with Gasteiger partial charge in [0.25, 0.3) is 0 Å². The molecule has 0 spiro atoms. The smallest absolute Gasteiger partial charge is 0.422 e. The number of amides is 1. The minimum atomic E-state index is -5.04. The predicted molar refractivity (Wildman–Crippen MR) is 127 cm³/mol. The van der Waals surface area contributed by atoms with E-state index in [-0.39, 0.29) is 11.3 Å². The number of Topliss-reactive ketones (excluding diaryl/α,β-unsaturated/α-hetero) is 1. The van der Waals surface area contributed by atoms with Gasteiger partial charge < -0.3 is 10.1 Å². The predicted octanol–water partition coefficient (Wildman–Crippen LogP) is 7.11. The van der Waals surface area contributed by atoms with Gasteiger partial charge in [-0.15, -0.1) is 0 Å². The fourth-order valence-corrected chi connectivity index (χ4v) is 3.89. The Morgan fingerprint density at radius 2 is 1.71 bits per heavy atom. The number of ether oxygens (including phenoxy) is 1. The Labute approximate surface area is 213 Å². The van der Waals surface area contributed by atoms with Crippen LogP contribution in [0.3, 0.4) is 0 Å². The van der Waals surface area contributed by atoms with Gasteiger partial charge in [-0.25, -0.2) is 0 Å². The molecule has 1 fully saturated rings. The first-order chi connectivity index (χ1) is 17.8. The zero-order chi connectivity index (χ0) is 27.7. The van der Waals surface area contributed by atoms with E-state index in [1.807, 2.05) is 25.1 Å². The number of nitrogens with zero attached hydrogens (tertiary/aromatic N) is 1. The van der Waals surface area contributed by atoms with E-state index in [1.54, 1.807) is 12.1 Å². The van der Waals surface area contributed by atoms with Crippen LogP contribution in [-0.2, 0) is 11.0 Å². The van der Waals surface area contributed by atoms with Crippen LogP contribution in [0.1, 0.15) is 52.5 Å².